The van der Waals surface area contributed by atoms with Crippen molar-refractivity contribution < 1.29 is 33.0 Å². The minimum Gasteiger partial charge on any atom is -0.481 e. The van der Waals surface area contributed by atoms with Crippen molar-refractivity contribution in [1.82, 2.24) is 0 Å². The quantitative estimate of drug-likeness (QED) is 0.804. The van der Waals surface area contributed by atoms with Crippen LogP contribution in [0.4, 0.5) is 8.78 Å². The van der Waals surface area contributed by atoms with Crippen LogP contribution in [-0.4, -0.2) is 30.8 Å². The van der Waals surface area contributed by atoms with Crippen LogP contribution >= 0.6 is 0 Å². The smallest absolute Gasteiger partial charge is 0.387 e. The van der Waals surface area contributed by atoms with E-state index < -0.39 is 18.6 Å². The molecule has 1 aromatic rings. The van der Waals surface area contributed by atoms with Crippen molar-refractivity contribution in [3.8, 4) is 5.75 Å². The fourth-order valence-electron chi connectivity index (χ4n) is 1.55. The predicted molar refractivity (Wildman–Crippen MR) is 60.4 cm³/mol. The topological polar surface area (TPSA) is 72.8 Å². The molecule has 1 N–H and O–H groups in total. The third-order valence-electron chi connectivity index (χ3n) is 2.33. The van der Waals surface area contributed by atoms with Gasteiger partial charge in [-0.25, -0.2) is 4.79 Å². The van der Waals surface area contributed by atoms with Crippen LogP contribution in [0.1, 0.15) is 22.3 Å². The number of rotatable bonds is 6. The summed E-state index contributed by atoms with van der Waals surface area (Å²) in [4.78, 5) is 22.1. The van der Waals surface area contributed by atoms with Gasteiger partial charge in [0, 0.05) is 6.42 Å². The number of carboxylic acid groups (broad SMARTS) is 1. The van der Waals surface area contributed by atoms with Gasteiger partial charge in [0.2, 0.25) is 0 Å². The molecule has 0 spiro atoms. The third-order valence-corrected chi connectivity index (χ3v) is 2.33. The van der Waals surface area contributed by atoms with Crippen molar-refractivity contribution in [2.45, 2.75) is 19.5 Å². The van der Waals surface area contributed by atoms with Crippen LogP contribution in [0.3, 0.4) is 0 Å². The molecule has 0 fully saturated rings. The minimum absolute atomic E-state index is 0.0141. The Kier molecular flexibility index (Phi) is 5.23. The Balaban J connectivity index is 3.14. The number of ether oxygens (including phenoxy) is 2. The van der Waals surface area contributed by atoms with Crippen molar-refractivity contribution in [3.05, 3.63) is 29.3 Å². The van der Waals surface area contributed by atoms with E-state index in [0.717, 1.165) is 7.11 Å². The van der Waals surface area contributed by atoms with Gasteiger partial charge in [0.1, 0.15) is 11.3 Å². The Morgan fingerprint density at radius 3 is 2.58 bits per heavy atom. The van der Waals surface area contributed by atoms with Crippen LogP contribution in [0.2, 0.25) is 0 Å². The molecule has 0 radical (unpaired) electrons. The Morgan fingerprint density at radius 1 is 1.37 bits per heavy atom. The molecular weight excluding hydrogens is 262 g/mol. The largest absolute Gasteiger partial charge is 0.481 e. The van der Waals surface area contributed by atoms with Crippen molar-refractivity contribution in [2.75, 3.05) is 7.11 Å². The number of aryl methyl sites for hydroxylation is 1. The van der Waals surface area contributed by atoms with Gasteiger partial charge in [-0.3, -0.25) is 4.79 Å². The van der Waals surface area contributed by atoms with Crippen LogP contribution in [-0.2, 0) is 16.0 Å². The summed E-state index contributed by atoms with van der Waals surface area (Å²) in [5, 5.41) is 8.61. The molecule has 0 atom stereocenters. The SMILES string of the molecule is COC(=O)c1c(CCC(=O)O)cccc1OC(F)F. The van der Waals surface area contributed by atoms with Gasteiger partial charge in [-0.2, -0.15) is 8.78 Å². The molecule has 0 aliphatic rings. The van der Waals surface area contributed by atoms with Gasteiger partial charge >= 0.3 is 18.6 Å². The Bertz CT molecular complexity index is 473. The third kappa shape index (κ3) is 4.20. The van der Waals surface area contributed by atoms with Gasteiger partial charge in [-0.15, -0.1) is 0 Å². The fourth-order valence-corrected chi connectivity index (χ4v) is 1.55. The average molecular weight is 274 g/mol. The van der Waals surface area contributed by atoms with Crippen molar-refractivity contribution >= 4 is 11.9 Å². The lowest BCUT2D eigenvalue weighted by Gasteiger charge is -2.13. The Hall–Kier alpha value is -2.18. The molecule has 7 heteroatoms. The zero-order valence-electron chi connectivity index (χ0n) is 10.1. The molecule has 19 heavy (non-hydrogen) atoms. The molecule has 0 aliphatic heterocycles. The van der Waals surface area contributed by atoms with E-state index in [-0.39, 0.29) is 29.7 Å². The predicted octanol–water partition coefficient (Wildman–Crippen LogP) is 2.09. The molecule has 0 unspecified atom stereocenters. The number of benzene rings is 1. The first-order chi connectivity index (χ1) is 8.95. The molecule has 1 rings (SSSR count). The van der Waals surface area contributed by atoms with Crippen LogP contribution < -0.4 is 4.74 Å². The average Bonchev–Trinajstić information content (AvgIpc) is 2.34. The van der Waals surface area contributed by atoms with Crippen LogP contribution in [0.5, 0.6) is 5.75 Å². The Morgan fingerprint density at radius 2 is 2.05 bits per heavy atom. The van der Waals surface area contributed by atoms with Gasteiger partial charge in [-0.05, 0) is 18.1 Å². The monoisotopic (exact) mass is 274 g/mol. The highest BCUT2D eigenvalue weighted by molar-refractivity contribution is 5.94. The summed E-state index contributed by atoms with van der Waals surface area (Å²) in [7, 11) is 1.10. The van der Waals surface area contributed by atoms with Crippen LogP contribution in [0.15, 0.2) is 18.2 Å². The first-order valence-electron chi connectivity index (χ1n) is 5.32. The van der Waals surface area contributed by atoms with Gasteiger partial charge in [-0.1, -0.05) is 12.1 Å². The summed E-state index contributed by atoms with van der Waals surface area (Å²) in [6, 6.07) is 4.07. The maximum absolute atomic E-state index is 12.2. The number of hydrogen-bond donors (Lipinski definition) is 1. The van der Waals surface area contributed by atoms with E-state index >= 15 is 0 Å². The lowest BCUT2D eigenvalue weighted by Crippen LogP contribution is -2.12. The summed E-state index contributed by atoms with van der Waals surface area (Å²) in [6.45, 7) is -3.09. The van der Waals surface area contributed by atoms with Crippen LogP contribution in [0.25, 0.3) is 0 Å². The summed E-state index contributed by atoms with van der Waals surface area (Å²) in [5.41, 5.74) is 0.110. The van der Waals surface area contributed by atoms with Gasteiger partial charge < -0.3 is 14.6 Å². The highest BCUT2D eigenvalue weighted by Gasteiger charge is 2.20. The molecule has 0 heterocycles. The lowest BCUT2D eigenvalue weighted by atomic mass is 10.0. The first-order valence-corrected chi connectivity index (χ1v) is 5.32. The first kappa shape index (κ1) is 14.9. The van der Waals surface area contributed by atoms with Crippen molar-refractivity contribution in [1.29, 1.82) is 0 Å². The standard InChI is InChI=1S/C12H12F2O5/c1-18-11(17)10-7(5-6-9(15)16)3-2-4-8(10)19-12(13)14/h2-4,12H,5-6H2,1H3,(H,15,16). The van der Waals surface area contributed by atoms with E-state index in [2.05, 4.69) is 9.47 Å². The number of esters is 1. The second kappa shape index (κ2) is 6.67. The number of hydrogen-bond acceptors (Lipinski definition) is 4. The number of carboxylic acids is 1. The number of halogens is 2. The Labute approximate surface area is 107 Å². The molecule has 0 bridgehead atoms. The zero-order valence-corrected chi connectivity index (χ0v) is 10.1. The van der Waals surface area contributed by atoms with E-state index in [1.807, 2.05) is 0 Å². The number of aliphatic carboxylic acids is 1. The molecule has 5 nitrogen and oxygen atoms in total. The van der Waals surface area contributed by atoms with E-state index in [4.69, 9.17) is 5.11 Å². The van der Waals surface area contributed by atoms with E-state index in [9.17, 15) is 18.4 Å². The fraction of sp³-hybridized carbons (Fsp3) is 0.333. The van der Waals surface area contributed by atoms with Crippen LogP contribution in [0, 0.1) is 0 Å². The number of methoxy groups -OCH3 is 1. The highest BCUT2D eigenvalue weighted by atomic mass is 19.3. The number of alkyl halides is 2. The lowest BCUT2D eigenvalue weighted by molar-refractivity contribution is -0.136. The van der Waals surface area contributed by atoms with Crippen molar-refractivity contribution in [3.63, 3.8) is 0 Å². The summed E-state index contributed by atoms with van der Waals surface area (Å²) < 4.78 is 33.2. The number of carbonyl (C=O) groups excluding carboxylic acids is 1. The minimum atomic E-state index is -3.09. The molecular formula is C12H12F2O5. The summed E-state index contributed by atoms with van der Waals surface area (Å²) in [6.07, 6.45) is -0.220. The molecule has 0 saturated carbocycles. The number of carbonyl (C=O) groups is 2. The van der Waals surface area contributed by atoms with E-state index in [1.165, 1.54) is 18.2 Å². The van der Waals surface area contributed by atoms with Crippen molar-refractivity contribution in [2.24, 2.45) is 0 Å². The van der Waals surface area contributed by atoms with E-state index in [1.54, 1.807) is 0 Å². The molecule has 0 amide bonds. The second-order valence-corrected chi connectivity index (χ2v) is 3.55. The highest BCUT2D eigenvalue weighted by Crippen LogP contribution is 2.26. The van der Waals surface area contributed by atoms with E-state index in [0.29, 0.717) is 0 Å². The molecule has 0 saturated heterocycles. The second-order valence-electron chi connectivity index (χ2n) is 3.55. The van der Waals surface area contributed by atoms with Gasteiger partial charge in [0.25, 0.3) is 0 Å². The summed E-state index contributed by atoms with van der Waals surface area (Å²) >= 11 is 0. The zero-order chi connectivity index (χ0) is 14.4. The normalized spacial score (nSPS) is 10.3. The maximum Gasteiger partial charge on any atom is 0.387 e. The van der Waals surface area contributed by atoms with Gasteiger partial charge in [0.05, 0.1) is 7.11 Å². The van der Waals surface area contributed by atoms with Gasteiger partial charge in [0.15, 0.2) is 0 Å². The molecule has 0 aliphatic carbocycles. The molecule has 1 aromatic carbocycles. The summed E-state index contributed by atoms with van der Waals surface area (Å²) in [5.74, 6) is -2.24. The molecule has 0 aromatic heterocycles. The molecule has 104 valence electrons. The maximum atomic E-state index is 12.2.